The number of benzene rings is 1. The van der Waals surface area contributed by atoms with Gasteiger partial charge in [-0.05, 0) is 24.1 Å². The SMILES string of the molecule is O=C(O)C1(Cc2cccc(F)c2)COCCC1=O. The summed E-state index contributed by atoms with van der Waals surface area (Å²) in [4.78, 5) is 23.3. The van der Waals surface area contributed by atoms with Gasteiger partial charge in [0.25, 0.3) is 0 Å². The number of carboxylic acid groups (broad SMARTS) is 1. The monoisotopic (exact) mass is 252 g/mol. The van der Waals surface area contributed by atoms with E-state index >= 15 is 0 Å². The van der Waals surface area contributed by atoms with Crippen LogP contribution in [0, 0.1) is 11.2 Å². The predicted molar refractivity (Wildman–Crippen MR) is 60.6 cm³/mol. The van der Waals surface area contributed by atoms with E-state index in [4.69, 9.17) is 4.74 Å². The molecule has 1 aliphatic rings. The second-order valence-electron chi connectivity index (χ2n) is 4.42. The van der Waals surface area contributed by atoms with Gasteiger partial charge in [0.1, 0.15) is 5.82 Å². The molecular weight excluding hydrogens is 239 g/mol. The molecule has 1 aliphatic heterocycles. The number of hydrogen-bond acceptors (Lipinski definition) is 3. The summed E-state index contributed by atoms with van der Waals surface area (Å²) in [5.74, 6) is -2.01. The van der Waals surface area contributed by atoms with E-state index in [-0.39, 0.29) is 31.8 Å². The Labute approximate surface area is 103 Å². The molecule has 5 heteroatoms. The lowest BCUT2D eigenvalue weighted by Gasteiger charge is -2.31. The Balaban J connectivity index is 2.31. The average molecular weight is 252 g/mol. The van der Waals surface area contributed by atoms with Gasteiger partial charge in [-0.25, -0.2) is 4.39 Å². The maximum absolute atomic E-state index is 13.1. The number of ketones is 1. The van der Waals surface area contributed by atoms with Crippen LogP contribution in [0.1, 0.15) is 12.0 Å². The molecule has 1 atom stereocenters. The molecule has 2 rings (SSSR count). The quantitative estimate of drug-likeness (QED) is 0.826. The minimum absolute atomic E-state index is 0.0427. The second-order valence-corrected chi connectivity index (χ2v) is 4.42. The molecule has 0 bridgehead atoms. The lowest BCUT2D eigenvalue weighted by atomic mass is 9.76. The van der Waals surface area contributed by atoms with Crippen molar-refractivity contribution in [2.24, 2.45) is 5.41 Å². The lowest BCUT2D eigenvalue weighted by Crippen LogP contribution is -2.48. The third kappa shape index (κ3) is 2.26. The van der Waals surface area contributed by atoms with Crippen LogP contribution in [0.2, 0.25) is 0 Å². The normalized spacial score (nSPS) is 23.9. The molecule has 0 radical (unpaired) electrons. The topological polar surface area (TPSA) is 63.6 Å². The van der Waals surface area contributed by atoms with Crippen LogP contribution in [0.3, 0.4) is 0 Å². The molecule has 1 saturated heterocycles. The molecule has 1 N–H and O–H groups in total. The van der Waals surface area contributed by atoms with E-state index in [9.17, 15) is 19.1 Å². The van der Waals surface area contributed by atoms with E-state index in [0.717, 1.165) is 0 Å². The zero-order valence-electron chi connectivity index (χ0n) is 9.69. The van der Waals surface area contributed by atoms with Crippen molar-refractivity contribution in [3.05, 3.63) is 35.6 Å². The van der Waals surface area contributed by atoms with Crippen molar-refractivity contribution in [1.82, 2.24) is 0 Å². The van der Waals surface area contributed by atoms with Gasteiger partial charge >= 0.3 is 5.97 Å². The van der Waals surface area contributed by atoms with Crippen LogP contribution in [0.25, 0.3) is 0 Å². The Morgan fingerprint density at radius 3 is 2.89 bits per heavy atom. The second kappa shape index (κ2) is 4.86. The number of hydrogen-bond donors (Lipinski definition) is 1. The number of carbonyl (C=O) groups excluding carboxylic acids is 1. The van der Waals surface area contributed by atoms with E-state index in [1.54, 1.807) is 6.07 Å². The van der Waals surface area contributed by atoms with Crippen molar-refractivity contribution in [1.29, 1.82) is 0 Å². The number of Topliss-reactive ketones (excluding diaryl/α,β-unsaturated/α-hetero) is 1. The first kappa shape index (κ1) is 12.7. The van der Waals surface area contributed by atoms with Crippen LogP contribution >= 0.6 is 0 Å². The first-order chi connectivity index (χ1) is 8.54. The minimum Gasteiger partial charge on any atom is -0.480 e. The fourth-order valence-corrected chi connectivity index (χ4v) is 2.13. The predicted octanol–water partition coefficient (Wildman–Crippen LogP) is 1.43. The van der Waals surface area contributed by atoms with Crippen molar-refractivity contribution >= 4 is 11.8 Å². The van der Waals surface area contributed by atoms with Crippen LogP contribution in [0.5, 0.6) is 0 Å². The Bertz CT molecular complexity index is 486. The van der Waals surface area contributed by atoms with E-state index in [0.29, 0.717) is 5.56 Å². The van der Waals surface area contributed by atoms with Gasteiger partial charge in [-0.3, -0.25) is 9.59 Å². The van der Waals surface area contributed by atoms with Crippen LogP contribution in [0.4, 0.5) is 4.39 Å². The largest absolute Gasteiger partial charge is 0.480 e. The van der Waals surface area contributed by atoms with E-state index < -0.39 is 17.2 Å². The van der Waals surface area contributed by atoms with Crippen LogP contribution in [-0.4, -0.2) is 30.1 Å². The van der Waals surface area contributed by atoms with Crippen molar-refractivity contribution in [2.45, 2.75) is 12.8 Å². The van der Waals surface area contributed by atoms with E-state index in [1.807, 2.05) is 0 Å². The zero-order chi connectivity index (χ0) is 13.2. The van der Waals surface area contributed by atoms with Gasteiger partial charge in [-0.2, -0.15) is 0 Å². The molecule has 96 valence electrons. The first-order valence-electron chi connectivity index (χ1n) is 5.63. The van der Waals surface area contributed by atoms with Gasteiger partial charge in [0.15, 0.2) is 11.2 Å². The number of rotatable bonds is 3. The third-order valence-electron chi connectivity index (χ3n) is 3.16. The smallest absolute Gasteiger partial charge is 0.319 e. The molecule has 1 fully saturated rings. The number of carboxylic acids is 1. The zero-order valence-corrected chi connectivity index (χ0v) is 9.69. The molecule has 1 unspecified atom stereocenters. The summed E-state index contributed by atoms with van der Waals surface area (Å²) in [6.45, 7) is 0.0920. The molecule has 18 heavy (non-hydrogen) atoms. The van der Waals surface area contributed by atoms with Gasteiger partial charge in [-0.15, -0.1) is 0 Å². The summed E-state index contributed by atoms with van der Waals surface area (Å²) in [6.07, 6.45) is 0.0422. The van der Waals surface area contributed by atoms with Crippen molar-refractivity contribution in [3.8, 4) is 0 Å². The fourth-order valence-electron chi connectivity index (χ4n) is 2.13. The van der Waals surface area contributed by atoms with Gasteiger partial charge in [0.05, 0.1) is 13.2 Å². The van der Waals surface area contributed by atoms with Gasteiger partial charge < -0.3 is 9.84 Å². The Morgan fingerprint density at radius 2 is 2.28 bits per heavy atom. The first-order valence-corrected chi connectivity index (χ1v) is 5.63. The lowest BCUT2D eigenvalue weighted by molar-refractivity contribution is -0.164. The van der Waals surface area contributed by atoms with Crippen LogP contribution in [-0.2, 0) is 20.7 Å². The minimum atomic E-state index is -1.58. The van der Waals surface area contributed by atoms with E-state index in [2.05, 4.69) is 0 Å². The fraction of sp³-hybridized carbons (Fsp3) is 0.385. The van der Waals surface area contributed by atoms with Gasteiger partial charge in [-0.1, -0.05) is 12.1 Å². The molecule has 4 nitrogen and oxygen atoms in total. The molecule has 1 heterocycles. The summed E-state index contributed by atoms with van der Waals surface area (Å²) in [7, 11) is 0. The summed E-state index contributed by atoms with van der Waals surface area (Å²) < 4.78 is 18.2. The number of ether oxygens (including phenoxy) is 1. The Morgan fingerprint density at radius 1 is 1.50 bits per heavy atom. The number of carbonyl (C=O) groups is 2. The maximum Gasteiger partial charge on any atom is 0.319 e. The number of halogens is 1. The third-order valence-corrected chi connectivity index (χ3v) is 3.16. The molecule has 0 saturated carbocycles. The maximum atomic E-state index is 13.1. The Kier molecular flexibility index (Phi) is 3.43. The summed E-state index contributed by atoms with van der Waals surface area (Å²) in [6, 6.07) is 5.62. The van der Waals surface area contributed by atoms with Gasteiger partial charge in [0.2, 0.25) is 0 Å². The molecule has 1 aromatic rings. The summed E-state index contributed by atoms with van der Waals surface area (Å²) in [5.41, 5.74) is -1.09. The Hall–Kier alpha value is -1.75. The van der Waals surface area contributed by atoms with Crippen LogP contribution in [0.15, 0.2) is 24.3 Å². The molecule has 1 aromatic carbocycles. The van der Waals surface area contributed by atoms with Crippen molar-refractivity contribution in [2.75, 3.05) is 13.2 Å². The summed E-state index contributed by atoms with van der Waals surface area (Å²) in [5, 5.41) is 9.30. The molecule has 0 aliphatic carbocycles. The van der Waals surface area contributed by atoms with Crippen LogP contribution < -0.4 is 0 Å². The van der Waals surface area contributed by atoms with E-state index in [1.165, 1.54) is 18.2 Å². The van der Waals surface area contributed by atoms with Crippen molar-refractivity contribution in [3.63, 3.8) is 0 Å². The highest BCUT2D eigenvalue weighted by Gasteiger charge is 2.47. The average Bonchev–Trinajstić information content (AvgIpc) is 2.32. The molecule has 0 spiro atoms. The molecule has 0 amide bonds. The molecular formula is C13H13FO4. The standard InChI is InChI=1S/C13H13FO4/c14-10-3-1-2-9(6-10)7-13(12(16)17)8-18-5-4-11(13)15/h1-3,6H,4-5,7-8H2,(H,16,17). The highest BCUT2D eigenvalue weighted by molar-refractivity contribution is 6.04. The van der Waals surface area contributed by atoms with Crippen molar-refractivity contribution < 1.29 is 23.8 Å². The van der Waals surface area contributed by atoms with Gasteiger partial charge in [0, 0.05) is 6.42 Å². The highest BCUT2D eigenvalue weighted by atomic mass is 19.1. The molecule has 0 aromatic heterocycles. The summed E-state index contributed by atoms with van der Waals surface area (Å²) >= 11 is 0. The highest BCUT2D eigenvalue weighted by Crippen LogP contribution is 2.30. The number of aliphatic carboxylic acids is 1.